The summed E-state index contributed by atoms with van der Waals surface area (Å²) in [6, 6.07) is 11.2. The molecule has 10 heteroatoms. The van der Waals surface area contributed by atoms with Crippen molar-refractivity contribution in [2.75, 3.05) is 13.2 Å². The molecule has 1 aliphatic heterocycles. The highest BCUT2D eigenvalue weighted by atomic mass is 32.1. The number of hydrogen-bond acceptors (Lipinski definition) is 7. The van der Waals surface area contributed by atoms with Crippen molar-refractivity contribution in [2.45, 2.75) is 18.9 Å². The molecular weight excluding hydrogens is 410 g/mol. The summed E-state index contributed by atoms with van der Waals surface area (Å²) in [5.74, 6) is -2.94. The molecule has 1 aromatic heterocycles. The molecule has 0 aliphatic carbocycles. The average molecular weight is 429 g/mol. The van der Waals surface area contributed by atoms with Gasteiger partial charge in [-0.05, 0) is 23.4 Å². The summed E-state index contributed by atoms with van der Waals surface area (Å²) in [6.07, 6.45) is 0.292. The first-order valence-electron chi connectivity index (χ1n) is 9.10. The highest BCUT2D eigenvalue weighted by molar-refractivity contribution is 7.12. The van der Waals surface area contributed by atoms with Crippen LogP contribution in [0.4, 0.5) is 4.79 Å². The minimum Gasteiger partial charge on any atom is -0.454 e. The molecule has 1 fully saturated rings. The molecule has 30 heavy (non-hydrogen) atoms. The first-order chi connectivity index (χ1) is 14.4. The number of esters is 1. The standard InChI is InChI=1S/C20H19N3O6S/c1-2-20(13-7-4-3-5-8-13)18(27)23(19(28)22-20)11-16(25)29-12-15(24)21-17(26)14-9-6-10-30-14/h3-10H,2,11-12H2,1H3,(H,22,28)(H,21,24,26). The van der Waals surface area contributed by atoms with Gasteiger partial charge in [0.2, 0.25) is 0 Å². The fourth-order valence-electron chi connectivity index (χ4n) is 3.08. The Bertz CT molecular complexity index is 976. The average Bonchev–Trinajstić information content (AvgIpc) is 3.36. The molecule has 156 valence electrons. The van der Waals surface area contributed by atoms with Gasteiger partial charge in [0.05, 0.1) is 4.88 Å². The number of nitrogens with zero attached hydrogens (tertiary/aromatic N) is 1. The molecule has 1 unspecified atom stereocenters. The second-order valence-corrected chi connectivity index (χ2v) is 7.41. The van der Waals surface area contributed by atoms with E-state index in [1.165, 1.54) is 0 Å². The zero-order valence-corrected chi connectivity index (χ0v) is 16.9. The van der Waals surface area contributed by atoms with Gasteiger partial charge in [-0.3, -0.25) is 29.4 Å². The number of nitrogens with one attached hydrogen (secondary N) is 2. The molecule has 5 amide bonds. The Kier molecular flexibility index (Phi) is 6.26. The van der Waals surface area contributed by atoms with E-state index in [9.17, 15) is 24.0 Å². The largest absolute Gasteiger partial charge is 0.454 e. The molecule has 0 radical (unpaired) electrons. The number of benzene rings is 1. The van der Waals surface area contributed by atoms with Gasteiger partial charge in [0.15, 0.2) is 6.61 Å². The van der Waals surface area contributed by atoms with Gasteiger partial charge in [0, 0.05) is 0 Å². The third-order valence-corrected chi connectivity index (χ3v) is 5.49. The van der Waals surface area contributed by atoms with Gasteiger partial charge in [-0.2, -0.15) is 0 Å². The van der Waals surface area contributed by atoms with E-state index in [4.69, 9.17) is 4.74 Å². The minimum atomic E-state index is -1.26. The summed E-state index contributed by atoms with van der Waals surface area (Å²) in [5.41, 5.74) is -0.656. The molecule has 3 rings (SSSR count). The molecule has 2 heterocycles. The normalized spacial score (nSPS) is 18.1. The smallest absolute Gasteiger partial charge is 0.326 e. The topological polar surface area (TPSA) is 122 Å². The molecule has 1 saturated heterocycles. The van der Waals surface area contributed by atoms with Crippen molar-refractivity contribution in [3.8, 4) is 0 Å². The zero-order chi connectivity index (χ0) is 21.7. The predicted octanol–water partition coefficient (Wildman–Crippen LogP) is 1.40. The van der Waals surface area contributed by atoms with E-state index in [2.05, 4.69) is 10.6 Å². The zero-order valence-electron chi connectivity index (χ0n) is 16.0. The van der Waals surface area contributed by atoms with E-state index in [1.807, 2.05) is 0 Å². The molecule has 0 saturated carbocycles. The van der Waals surface area contributed by atoms with Crippen LogP contribution in [0.3, 0.4) is 0 Å². The third-order valence-electron chi connectivity index (χ3n) is 4.62. The van der Waals surface area contributed by atoms with Gasteiger partial charge >= 0.3 is 12.0 Å². The molecule has 1 atom stereocenters. The fraction of sp³-hybridized carbons (Fsp3) is 0.250. The molecule has 9 nitrogen and oxygen atoms in total. The molecule has 0 spiro atoms. The van der Waals surface area contributed by atoms with E-state index >= 15 is 0 Å². The van der Waals surface area contributed by atoms with E-state index in [0.717, 1.165) is 16.2 Å². The number of carbonyl (C=O) groups excluding carboxylic acids is 5. The Hall–Kier alpha value is -3.53. The second kappa shape index (κ2) is 8.87. The maximum absolute atomic E-state index is 12.9. The van der Waals surface area contributed by atoms with Crippen LogP contribution in [0.25, 0.3) is 0 Å². The lowest BCUT2D eigenvalue weighted by Gasteiger charge is -2.25. The Morgan fingerprint density at radius 2 is 1.87 bits per heavy atom. The van der Waals surface area contributed by atoms with Crippen LogP contribution < -0.4 is 10.6 Å². The van der Waals surface area contributed by atoms with E-state index < -0.39 is 48.4 Å². The molecule has 2 aromatic rings. The Balaban J connectivity index is 1.57. The van der Waals surface area contributed by atoms with Gasteiger partial charge in [0.25, 0.3) is 17.7 Å². The monoisotopic (exact) mass is 429 g/mol. The summed E-state index contributed by atoms with van der Waals surface area (Å²) in [7, 11) is 0. The van der Waals surface area contributed by atoms with E-state index in [-0.39, 0.29) is 0 Å². The van der Waals surface area contributed by atoms with Gasteiger partial charge in [-0.25, -0.2) is 4.79 Å². The number of carbonyl (C=O) groups is 5. The van der Waals surface area contributed by atoms with Gasteiger partial charge in [-0.1, -0.05) is 43.3 Å². The summed E-state index contributed by atoms with van der Waals surface area (Å²) < 4.78 is 4.81. The highest BCUT2D eigenvalue weighted by Gasteiger charge is 2.51. The van der Waals surface area contributed by atoms with Crippen molar-refractivity contribution in [3.63, 3.8) is 0 Å². The quantitative estimate of drug-likeness (QED) is 0.507. The van der Waals surface area contributed by atoms with Crippen LogP contribution in [-0.2, 0) is 24.7 Å². The molecular formula is C20H19N3O6S. The van der Waals surface area contributed by atoms with Crippen LogP contribution in [0.1, 0.15) is 28.6 Å². The summed E-state index contributed by atoms with van der Waals surface area (Å²) in [5, 5.41) is 6.42. The first-order valence-corrected chi connectivity index (χ1v) is 9.98. The number of urea groups is 1. The minimum absolute atomic E-state index is 0.292. The van der Waals surface area contributed by atoms with Gasteiger partial charge in [0.1, 0.15) is 12.1 Å². The van der Waals surface area contributed by atoms with Crippen molar-refractivity contribution in [2.24, 2.45) is 0 Å². The summed E-state index contributed by atoms with van der Waals surface area (Å²) in [6.45, 7) is 0.393. The highest BCUT2D eigenvalue weighted by Crippen LogP contribution is 2.32. The van der Waals surface area contributed by atoms with E-state index in [0.29, 0.717) is 16.9 Å². The predicted molar refractivity (Wildman–Crippen MR) is 106 cm³/mol. The Morgan fingerprint density at radius 3 is 2.50 bits per heavy atom. The lowest BCUT2D eigenvalue weighted by molar-refractivity contribution is -0.151. The Morgan fingerprint density at radius 1 is 1.13 bits per heavy atom. The number of ether oxygens (including phenoxy) is 1. The van der Waals surface area contributed by atoms with Gasteiger partial charge < -0.3 is 10.1 Å². The van der Waals surface area contributed by atoms with Crippen LogP contribution >= 0.6 is 11.3 Å². The van der Waals surface area contributed by atoms with Crippen molar-refractivity contribution in [3.05, 3.63) is 58.3 Å². The van der Waals surface area contributed by atoms with E-state index in [1.54, 1.807) is 54.8 Å². The number of thiophene rings is 1. The van der Waals surface area contributed by atoms with Crippen LogP contribution in [0.15, 0.2) is 47.8 Å². The number of rotatable bonds is 7. The lowest BCUT2D eigenvalue weighted by Crippen LogP contribution is -2.44. The fourth-order valence-corrected chi connectivity index (χ4v) is 3.70. The number of amides is 5. The summed E-state index contributed by atoms with van der Waals surface area (Å²) in [4.78, 5) is 62.0. The van der Waals surface area contributed by atoms with Crippen LogP contribution in [-0.4, -0.2) is 47.8 Å². The number of hydrogen-bond donors (Lipinski definition) is 2. The third kappa shape index (κ3) is 4.23. The van der Waals surface area contributed by atoms with Gasteiger partial charge in [-0.15, -0.1) is 11.3 Å². The Labute approximate surface area is 176 Å². The lowest BCUT2D eigenvalue weighted by atomic mass is 9.87. The van der Waals surface area contributed by atoms with Crippen LogP contribution in [0.2, 0.25) is 0 Å². The molecule has 0 bridgehead atoms. The maximum atomic E-state index is 12.9. The van der Waals surface area contributed by atoms with Crippen LogP contribution in [0, 0.1) is 0 Å². The SMILES string of the molecule is CCC1(c2ccccc2)NC(=O)N(CC(=O)OCC(=O)NC(=O)c2cccs2)C1=O. The molecule has 1 aliphatic rings. The van der Waals surface area contributed by atoms with Crippen molar-refractivity contribution in [1.82, 2.24) is 15.5 Å². The molecule has 1 aromatic carbocycles. The summed E-state index contributed by atoms with van der Waals surface area (Å²) >= 11 is 1.16. The number of imide groups is 2. The van der Waals surface area contributed by atoms with Crippen molar-refractivity contribution < 1.29 is 28.7 Å². The second-order valence-electron chi connectivity index (χ2n) is 6.46. The maximum Gasteiger partial charge on any atom is 0.326 e. The van der Waals surface area contributed by atoms with Crippen molar-refractivity contribution >= 4 is 41.1 Å². The first kappa shape index (κ1) is 21.2. The molecule has 2 N–H and O–H groups in total. The van der Waals surface area contributed by atoms with Crippen molar-refractivity contribution in [1.29, 1.82) is 0 Å². The van der Waals surface area contributed by atoms with Crippen LogP contribution in [0.5, 0.6) is 0 Å².